The molecular weight excluding hydrogens is 437 g/mol. The van der Waals surface area contributed by atoms with Crippen molar-refractivity contribution in [1.29, 1.82) is 0 Å². The molecule has 0 aliphatic rings. The number of aromatic nitrogens is 4. The van der Waals surface area contributed by atoms with Crippen LogP contribution in [-0.4, -0.2) is 19.7 Å². The minimum absolute atomic E-state index is 0.556. The maximum Gasteiger partial charge on any atom is 0.210 e. The Morgan fingerprint density at radius 1 is 0.867 bits per heavy atom. The summed E-state index contributed by atoms with van der Waals surface area (Å²) in [5, 5.41) is 14.8. The van der Waals surface area contributed by atoms with E-state index in [1.54, 1.807) is 0 Å². The Kier molecular flexibility index (Phi) is 5.12. The number of hydrogen-bond donors (Lipinski definition) is 1. The lowest BCUT2D eigenvalue weighted by Crippen LogP contribution is -2.02. The maximum atomic E-state index is 6.23. The number of hydrogen-bond acceptors (Lipinski definition) is 5. The van der Waals surface area contributed by atoms with E-state index in [4.69, 9.17) is 28.2 Å². The minimum atomic E-state index is 0.556. The van der Waals surface area contributed by atoms with E-state index in [9.17, 15) is 0 Å². The van der Waals surface area contributed by atoms with Crippen molar-refractivity contribution < 1.29 is 0 Å². The highest BCUT2D eigenvalue weighted by molar-refractivity contribution is 7.15. The van der Waals surface area contributed by atoms with Crippen LogP contribution in [0.25, 0.3) is 22.4 Å². The highest BCUT2D eigenvalue weighted by Crippen LogP contribution is 2.30. The van der Waals surface area contributed by atoms with E-state index in [0.29, 0.717) is 21.7 Å². The molecule has 0 bridgehead atoms. The van der Waals surface area contributed by atoms with Gasteiger partial charge in [-0.05, 0) is 48.5 Å². The summed E-state index contributed by atoms with van der Waals surface area (Å²) in [5.41, 5.74) is 3.77. The van der Waals surface area contributed by atoms with E-state index in [1.807, 2.05) is 66.7 Å². The third kappa shape index (κ3) is 3.77. The molecular formula is C22H15Cl2N5S. The summed E-state index contributed by atoms with van der Waals surface area (Å²) in [6.07, 6.45) is 0. The molecule has 3 aromatic carbocycles. The summed E-state index contributed by atoms with van der Waals surface area (Å²) in [4.78, 5) is 4.84. The van der Waals surface area contributed by atoms with Crippen molar-refractivity contribution in [1.82, 2.24) is 19.7 Å². The van der Waals surface area contributed by atoms with Crippen LogP contribution in [0.5, 0.6) is 0 Å². The van der Waals surface area contributed by atoms with Gasteiger partial charge in [0, 0.05) is 10.6 Å². The first kappa shape index (κ1) is 19.1. The number of anilines is 2. The van der Waals surface area contributed by atoms with Gasteiger partial charge in [0.15, 0.2) is 0 Å². The molecule has 30 heavy (non-hydrogen) atoms. The molecule has 0 fully saturated rings. The molecule has 0 spiro atoms. The minimum Gasteiger partial charge on any atom is -0.329 e. The second-order valence-electron chi connectivity index (χ2n) is 6.62. The van der Waals surface area contributed by atoms with Crippen molar-refractivity contribution in [3.05, 3.63) is 87.8 Å². The zero-order valence-electron chi connectivity index (χ0n) is 15.6. The lowest BCUT2D eigenvalue weighted by Gasteiger charge is -2.07. The molecule has 1 N–H and O–H groups in total. The van der Waals surface area contributed by atoms with Crippen LogP contribution in [0.2, 0.25) is 10.0 Å². The Balaban J connectivity index is 1.50. The summed E-state index contributed by atoms with van der Waals surface area (Å²) in [5.74, 6) is 0.865. The van der Waals surface area contributed by atoms with Crippen molar-refractivity contribution in [3.63, 3.8) is 0 Å². The number of rotatable bonds is 5. The molecule has 0 aliphatic carbocycles. The van der Waals surface area contributed by atoms with E-state index < -0.39 is 0 Å². The van der Waals surface area contributed by atoms with Gasteiger partial charge >= 0.3 is 0 Å². The number of para-hydroxylation sites is 3. The number of benzene rings is 3. The van der Waals surface area contributed by atoms with Crippen LogP contribution in [0, 0.1) is 0 Å². The summed E-state index contributed by atoms with van der Waals surface area (Å²) < 4.78 is 2.15. The molecule has 5 aromatic rings. The Morgan fingerprint density at radius 2 is 1.63 bits per heavy atom. The van der Waals surface area contributed by atoms with Gasteiger partial charge in [0.05, 0.1) is 28.3 Å². The van der Waals surface area contributed by atoms with E-state index in [0.717, 1.165) is 33.1 Å². The van der Waals surface area contributed by atoms with Crippen LogP contribution in [0.3, 0.4) is 0 Å². The Bertz CT molecular complexity index is 1330. The van der Waals surface area contributed by atoms with E-state index in [1.165, 1.54) is 11.3 Å². The molecule has 5 rings (SSSR count). The average Bonchev–Trinajstić information content (AvgIpc) is 3.35. The van der Waals surface area contributed by atoms with Gasteiger partial charge < -0.3 is 9.88 Å². The topological polar surface area (TPSA) is 55.6 Å². The molecule has 0 amide bonds. The Hall–Kier alpha value is -2.93. The second kappa shape index (κ2) is 8.07. The smallest absolute Gasteiger partial charge is 0.210 e. The van der Waals surface area contributed by atoms with Crippen LogP contribution >= 0.6 is 34.5 Å². The van der Waals surface area contributed by atoms with Crippen molar-refractivity contribution in [3.8, 4) is 11.4 Å². The molecule has 5 nitrogen and oxygen atoms in total. The maximum absolute atomic E-state index is 6.23. The van der Waals surface area contributed by atoms with Gasteiger partial charge in [0.25, 0.3) is 0 Å². The van der Waals surface area contributed by atoms with Gasteiger partial charge in [-0.15, -0.1) is 10.2 Å². The van der Waals surface area contributed by atoms with Gasteiger partial charge in [-0.1, -0.05) is 58.8 Å². The predicted octanol–water partition coefficient (Wildman–Crippen LogP) is 6.65. The van der Waals surface area contributed by atoms with Crippen molar-refractivity contribution >= 4 is 56.4 Å². The summed E-state index contributed by atoms with van der Waals surface area (Å²) in [7, 11) is 0. The lowest BCUT2D eigenvalue weighted by molar-refractivity contribution is 0.809. The molecule has 2 heterocycles. The standard InChI is InChI=1S/C22H15Cl2N5S/c23-15-11-9-14(10-12-15)21-25-18-7-3-4-8-19(18)29(21)13-20-27-28-22(30-20)26-17-6-2-1-5-16(17)24/h1-12H,13H2,(H,26,28). The molecule has 0 saturated carbocycles. The Labute approximate surface area is 186 Å². The highest BCUT2D eigenvalue weighted by atomic mass is 35.5. The van der Waals surface area contributed by atoms with Gasteiger partial charge in [-0.25, -0.2) is 4.98 Å². The fourth-order valence-electron chi connectivity index (χ4n) is 3.24. The van der Waals surface area contributed by atoms with E-state index in [-0.39, 0.29) is 0 Å². The number of imidazole rings is 1. The second-order valence-corrected chi connectivity index (χ2v) is 8.53. The van der Waals surface area contributed by atoms with Crippen LogP contribution in [0.15, 0.2) is 72.8 Å². The zero-order chi connectivity index (χ0) is 20.5. The van der Waals surface area contributed by atoms with Crippen LogP contribution < -0.4 is 5.32 Å². The first-order valence-corrected chi connectivity index (χ1v) is 10.8. The number of nitrogens with zero attached hydrogens (tertiary/aromatic N) is 4. The molecule has 0 saturated heterocycles. The van der Waals surface area contributed by atoms with Gasteiger partial charge in [0.2, 0.25) is 5.13 Å². The van der Waals surface area contributed by atoms with Crippen LogP contribution in [0.1, 0.15) is 5.01 Å². The molecule has 0 radical (unpaired) electrons. The van der Waals surface area contributed by atoms with Crippen molar-refractivity contribution in [2.45, 2.75) is 6.54 Å². The SMILES string of the molecule is Clc1ccc(-c2nc3ccccc3n2Cc2nnc(Nc3ccccc3Cl)s2)cc1. The van der Waals surface area contributed by atoms with Gasteiger partial charge in [-0.3, -0.25) is 0 Å². The summed E-state index contributed by atoms with van der Waals surface area (Å²) >= 11 is 13.8. The zero-order valence-corrected chi connectivity index (χ0v) is 17.9. The largest absolute Gasteiger partial charge is 0.329 e. The van der Waals surface area contributed by atoms with Crippen molar-refractivity contribution in [2.24, 2.45) is 0 Å². The normalized spacial score (nSPS) is 11.1. The first-order chi connectivity index (χ1) is 14.7. The molecule has 0 unspecified atom stereocenters. The fourth-order valence-corrected chi connectivity index (χ4v) is 4.29. The van der Waals surface area contributed by atoms with Gasteiger partial charge in [-0.2, -0.15) is 0 Å². The monoisotopic (exact) mass is 451 g/mol. The summed E-state index contributed by atoms with van der Waals surface area (Å²) in [6, 6.07) is 23.3. The predicted molar refractivity (Wildman–Crippen MR) is 124 cm³/mol. The quantitative estimate of drug-likeness (QED) is 0.324. The fraction of sp³-hybridized carbons (Fsp3) is 0.0455. The summed E-state index contributed by atoms with van der Waals surface area (Å²) in [6.45, 7) is 0.556. The third-order valence-electron chi connectivity index (χ3n) is 4.63. The number of fused-ring (bicyclic) bond motifs is 1. The molecule has 0 atom stereocenters. The number of halogens is 2. The van der Waals surface area contributed by atoms with Crippen molar-refractivity contribution in [2.75, 3.05) is 5.32 Å². The third-order valence-corrected chi connectivity index (χ3v) is 6.04. The van der Waals surface area contributed by atoms with Crippen LogP contribution in [0.4, 0.5) is 10.8 Å². The molecule has 0 aliphatic heterocycles. The lowest BCUT2D eigenvalue weighted by atomic mass is 10.2. The van der Waals surface area contributed by atoms with Gasteiger partial charge in [0.1, 0.15) is 10.8 Å². The average molecular weight is 452 g/mol. The molecule has 8 heteroatoms. The molecule has 148 valence electrons. The highest BCUT2D eigenvalue weighted by Gasteiger charge is 2.15. The molecule has 2 aromatic heterocycles. The number of nitrogens with one attached hydrogen (secondary N) is 1. The van der Waals surface area contributed by atoms with E-state index >= 15 is 0 Å². The Morgan fingerprint density at radius 3 is 2.47 bits per heavy atom. The van der Waals surface area contributed by atoms with E-state index in [2.05, 4.69) is 26.1 Å². The first-order valence-electron chi connectivity index (χ1n) is 9.22. The van der Waals surface area contributed by atoms with Crippen LogP contribution in [-0.2, 0) is 6.54 Å².